The fraction of sp³-hybridized carbons (Fsp3) is 1.00. The minimum atomic E-state index is -1.38. The summed E-state index contributed by atoms with van der Waals surface area (Å²) in [5.41, 5.74) is 0. The zero-order valence-corrected chi connectivity index (χ0v) is 5.52. The van der Waals surface area contributed by atoms with Gasteiger partial charge in [0.05, 0.1) is 0 Å². The molecule has 0 rings (SSSR count). The summed E-state index contributed by atoms with van der Waals surface area (Å²) in [5.74, 6) is 0. The van der Waals surface area contributed by atoms with Gasteiger partial charge in [-0.2, -0.15) is 0 Å². The van der Waals surface area contributed by atoms with Crippen molar-refractivity contribution in [1.82, 2.24) is 0 Å². The van der Waals surface area contributed by atoms with Gasteiger partial charge in [0.25, 0.3) is 0 Å². The number of hydrogen-bond donors (Lipinski definition) is 0. The SMILES string of the molecule is CC(C)O[SiH2][O]. The summed E-state index contributed by atoms with van der Waals surface area (Å²) in [4.78, 5) is 9.66. The summed E-state index contributed by atoms with van der Waals surface area (Å²) in [6.45, 7) is 3.73. The van der Waals surface area contributed by atoms with Crippen molar-refractivity contribution >= 4 is 10.0 Å². The predicted molar refractivity (Wildman–Crippen MR) is 25.5 cm³/mol. The van der Waals surface area contributed by atoms with Gasteiger partial charge >= 0.3 is 10.0 Å². The Labute approximate surface area is 40.2 Å². The molecule has 0 N–H and O–H groups in total. The summed E-state index contributed by atoms with van der Waals surface area (Å²) in [7, 11) is -1.38. The van der Waals surface area contributed by atoms with Gasteiger partial charge in [0.15, 0.2) is 0 Å². The first kappa shape index (κ1) is 6.14. The molecular formula is C3H9O2Si. The molecule has 0 fully saturated rings. The lowest BCUT2D eigenvalue weighted by Crippen LogP contribution is -2.04. The minimum Gasteiger partial charge on any atom is -0.395 e. The molecular weight excluding hydrogens is 96.1 g/mol. The van der Waals surface area contributed by atoms with Gasteiger partial charge in [0.1, 0.15) is 0 Å². The molecule has 0 spiro atoms. The number of hydrogen-bond acceptors (Lipinski definition) is 1. The van der Waals surface area contributed by atoms with Gasteiger partial charge in [0, 0.05) is 6.10 Å². The van der Waals surface area contributed by atoms with Gasteiger partial charge in [-0.1, -0.05) is 0 Å². The third-order valence-corrected chi connectivity index (χ3v) is 1.20. The molecule has 0 saturated carbocycles. The fourth-order valence-electron chi connectivity index (χ4n) is 0.136. The van der Waals surface area contributed by atoms with Crippen molar-refractivity contribution in [1.29, 1.82) is 0 Å². The van der Waals surface area contributed by atoms with E-state index in [0.717, 1.165) is 0 Å². The summed E-state index contributed by atoms with van der Waals surface area (Å²) in [5, 5.41) is 0. The van der Waals surface area contributed by atoms with E-state index in [4.69, 9.17) is 0 Å². The van der Waals surface area contributed by atoms with Crippen LogP contribution in [-0.4, -0.2) is 16.1 Å². The molecule has 0 unspecified atom stereocenters. The van der Waals surface area contributed by atoms with Crippen molar-refractivity contribution in [2.24, 2.45) is 0 Å². The van der Waals surface area contributed by atoms with E-state index in [-0.39, 0.29) is 6.10 Å². The molecule has 0 saturated heterocycles. The average molecular weight is 105 g/mol. The topological polar surface area (TPSA) is 29.1 Å². The van der Waals surface area contributed by atoms with E-state index in [0.29, 0.717) is 0 Å². The minimum absolute atomic E-state index is 0.147. The lowest BCUT2D eigenvalue weighted by molar-refractivity contribution is 0.200. The van der Waals surface area contributed by atoms with Gasteiger partial charge in [0.2, 0.25) is 0 Å². The Balaban J connectivity index is 2.63. The fourth-order valence-corrected chi connectivity index (χ4v) is 0.408. The van der Waals surface area contributed by atoms with Crippen LogP contribution in [0.4, 0.5) is 0 Å². The Hall–Kier alpha value is 0.137. The molecule has 6 heavy (non-hydrogen) atoms. The van der Waals surface area contributed by atoms with E-state index < -0.39 is 10.0 Å². The first-order valence-electron chi connectivity index (χ1n) is 1.97. The molecule has 3 heteroatoms. The van der Waals surface area contributed by atoms with E-state index in [1.54, 1.807) is 0 Å². The molecule has 1 radical (unpaired) electrons. The van der Waals surface area contributed by atoms with Crippen molar-refractivity contribution < 1.29 is 9.22 Å². The molecule has 0 aromatic heterocycles. The normalized spacial score (nSPS) is 12.0. The molecule has 0 aliphatic heterocycles. The van der Waals surface area contributed by atoms with E-state index in [1.165, 1.54) is 0 Å². The highest BCUT2D eigenvalue weighted by molar-refractivity contribution is 6.15. The molecule has 0 heterocycles. The van der Waals surface area contributed by atoms with E-state index >= 15 is 0 Å². The van der Waals surface area contributed by atoms with E-state index in [9.17, 15) is 4.80 Å². The predicted octanol–water partition coefficient (Wildman–Crippen LogP) is -0.159. The maximum Gasteiger partial charge on any atom is 0.343 e. The third-order valence-electron chi connectivity index (χ3n) is 0.401. The van der Waals surface area contributed by atoms with Gasteiger partial charge < -0.3 is 4.43 Å². The Morgan fingerprint density at radius 2 is 2.17 bits per heavy atom. The maximum absolute atomic E-state index is 9.66. The Bertz CT molecular complexity index is 30.0. The van der Waals surface area contributed by atoms with Crippen LogP contribution < -0.4 is 0 Å². The molecule has 0 amide bonds. The van der Waals surface area contributed by atoms with Crippen LogP contribution >= 0.6 is 0 Å². The van der Waals surface area contributed by atoms with Crippen molar-refractivity contribution in [2.75, 3.05) is 0 Å². The Kier molecular flexibility index (Phi) is 3.41. The first-order chi connectivity index (χ1) is 2.77. The number of rotatable bonds is 2. The Morgan fingerprint density at radius 3 is 2.17 bits per heavy atom. The van der Waals surface area contributed by atoms with Crippen LogP contribution in [0.15, 0.2) is 0 Å². The highest BCUT2D eigenvalue weighted by atomic mass is 28.2. The van der Waals surface area contributed by atoms with Gasteiger partial charge in [-0.05, 0) is 13.8 Å². The standard InChI is InChI=1S/C3H9O2Si/c1-3(2)5-6-4/h3H,6H2,1-2H3. The van der Waals surface area contributed by atoms with Crippen molar-refractivity contribution in [3.05, 3.63) is 0 Å². The summed E-state index contributed by atoms with van der Waals surface area (Å²) >= 11 is 0. The second-order valence-electron chi connectivity index (χ2n) is 1.33. The smallest absolute Gasteiger partial charge is 0.343 e. The van der Waals surface area contributed by atoms with Crippen LogP contribution in [0.5, 0.6) is 0 Å². The van der Waals surface area contributed by atoms with Gasteiger partial charge in [-0.3, -0.25) is 4.80 Å². The second kappa shape index (κ2) is 3.33. The molecule has 0 aromatic rings. The van der Waals surface area contributed by atoms with E-state index in [2.05, 4.69) is 4.43 Å². The van der Waals surface area contributed by atoms with Crippen LogP contribution in [0.3, 0.4) is 0 Å². The summed E-state index contributed by atoms with van der Waals surface area (Å²) in [6, 6.07) is 0. The maximum atomic E-state index is 9.66. The molecule has 0 aromatic carbocycles. The molecule has 0 aliphatic carbocycles. The Morgan fingerprint density at radius 1 is 1.67 bits per heavy atom. The van der Waals surface area contributed by atoms with Crippen molar-refractivity contribution in [3.63, 3.8) is 0 Å². The average Bonchev–Trinajstić information content (AvgIpc) is 1.35. The second-order valence-corrected chi connectivity index (χ2v) is 1.90. The van der Waals surface area contributed by atoms with Gasteiger partial charge in [-0.25, -0.2) is 0 Å². The highest BCUT2D eigenvalue weighted by Crippen LogP contribution is 1.80. The zero-order chi connectivity index (χ0) is 4.99. The van der Waals surface area contributed by atoms with Crippen LogP contribution in [0.2, 0.25) is 0 Å². The lowest BCUT2D eigenvalue weighted by atomic mass is 10.5. The monoisotopic (exact) mass is 105 g/mol. The molecule has 0 aliphatic rings. The van der Waals surface area contributed by atoms with Crippen LogP contribution in [0, 0.1) is 0 Å². The largest absolute Gasteiger partial charge is 0.395 e. The quantitative estimate of drug-likeness (QED) is 0.449. The van der Waals surface area contributed by atoms with Crippen molar-refractivity contribution in [2.45, 2.75) is 20.0 Å². The van der Waals surface area contributed by atoms with Crippen LogP contribution in [0.1, 0.15) is 13.8 Å². The zero-order valence-electron chi connectivity index (χ0n) is 4.10. The summed E-state index contributed by atoms with van der Waals surface area (Å²) < 4.78 is 4.62. The van der Waals surface area contributed by atoms with Crippen LogP contribution in [0.25, 0.3) is 0 Å². The van der Waals surface area contributed by atoms with Crippen LogP contribution in [-0.2, 0) is 9.22 Å². The summed E-state index contributed by atoms with van der Waals surface area (Å²) in [6.07, 6.45) is 0.147. The lowest BCUT2D eigenvalue weighted by Gasteiger charge is -1.98. The van der Waals surface area contributed by atoms with E-state index in [1.807, 2.05) is 13.8 Å². The highest BCUT2D eigenvalue weighted by Gasteiger charge is 1.86. The first-order valence-corrected chi connectivity index (χ1v) is 3.12. The van der Waals surface area contributed by atoms with Crippen molar-refractivity contribution in [3.8, 4) is 0 Å². The molecule has 0 bridgehead atoms. The third kappa shape index (κ3) is 4.14. The molecule has 0 atom stereocenters. The molecule has 2 nitrogen and oxygen atoms in total. The van der Waals surface area contributed by atoms with Gasteiger partial charge in [-0.15, -0.1) is 0 Å². The molecule has 37 valence electrons.